The lowest BCUT2D eigenvalue weighted by molar-refractivity contribution is 0.906. The van der Waals surface area contributed by atoms with Gasteiger partial charge in [0.2, 0.25) is 0 Å². The molecule has 5 heteroatoms. The number of fused-ring (bicyclic) bond motifs is 4. The Hall–Kier alpha value is -0.230. The van der Waals surface area contributed by atoms with Crippen LogP contribution in [0.2, 0.25) is 0 Å². The molecule has 0 N–H and O–H groups in total. The zero-order valence-corrected chi connectivity index (χ0v) is 12.0. The average molecular weight is 296 g/mol. The Morgan fingerprint density at radius 3 is 2.71 bits per heavy atom. The fourth-order valence-electron chi connectivity index (χ4n) is 2.42. The van der Waals surface area contributed by atoms with E-state index in [2.05, 4.69) is 24.3 Å². The largest absolute Gasteiger partial charge is 0.289 e. The van der Waals surface area contributed by atoms with Crippen molar-refractivity contribution in [3.05, 3.63) is 44.2 Å². The Labute approximate surface area is 115 Å². The molecule has 86 valence electrons. The van der Waals surface area contributed by atoms with E-state index in [4.69, 9.17) is 0 Å². The predicted molar refractivity (Wildman–Crippen MR) is 76.9 cm³/mol. The van der Waals surface area contributed by atoms with E-state index < -0.39 is 0 Å². The molecule has 1 aromatic heterocycles. The summed E-state index contributed by atoms with van der Waals surface area (Å²) in [4.78, 5) is 11.4. The second kappa shape index (κ2) is 3.88. The molecule has 0 unspecified atom stereocenters. The van der Waals surface area contributed by atoms with Crippen molar-refractivity contribution in [2.24, 2.45) is 0 Å². The molecule has 2 atom stereocenters. The van der Waals surface area contributed by atoms with Gasteiger partial charge in [-0.3, -0.25) is 4.79 Å². The lowest BCUT2D eigenvalue weighted by Gasteiger charge is -2.23. The second-order valence-electron chi connectivity index (χ2n) is 4.13. The van der Waals surface area contributed by atoms with Crippen molar-refractivity contribution < 1.29 is 0 Å². The Kier molecular flexibility index (Phi) is 2.44. The highest BCUT2D eigenvalue weighted by Gasteiger charge is 2.38. The fraction of sp³-hybridized carbons (Fsp3) is 0.250. The molecule has 2 heterocycles. The van der Waals surface area contributed by atoms with Crippen LogP contribution in [-0.2, 0) is 6.42 Å². The zero-order valence-electron chi connectivity index (χ0n) is 8.71. The standard InChI is InChI=1S/C12H8OS4/c13-12-16-10-11(17-12)15-9-7-4-2-1-3-6(7)5-8(9)14-10/h1-4,8-9H,5H2/t8-,9+/m1/s1. The van der Waals surface area contributed by atoms with Gasteiger partial charge in [-0.1, -0.05) is 46.9 Å². The Morgan fingerprint density at radius 2 is 1.82 bits per heavy atom. The summed E-state index contributed by atoms with van der Waals surface area (Å²) in [6.07, 6.45) is 1.15. The van der Waals surface area contributed by atoms with Gasteiger partial charge in [-0.2, -0.15) is 0 Å². The number of rotatable bonds is 0. The molecular weight excluding hydrogens is 288 g/mol. The minimum absolute atomic E-state index is 0.239. The number of hydrogen-bond donors (Lipinski definition) is 0. The molecule has 0 saturated carbocycles. The minimum atomic E-state index is 0.239. The van der Waals surface area contributed by atoms with E-state index >= 15 is 0 Å². The summed E-state index contributed by atoms with van der Waals surface area (Å²) in [5.74, 6) is 0. The van der Waals surface area contributed by atoms with Crippen molar-refractivity contribution >= 4 is 46.2 Å². The first-order valence-corrected chi connectivity index (χ1v) is 8.75. The van der Waals surface area contributed by atoms with Crippen molar-refractivity contribution in [1.29, 1.82) is 0 Å². The summed E-state index contributed by atoms with van der Waals surface area (Å²) in [5, 5.41) is 1.17. The molecule has 1 aliphatic heterocycles. The maximum Gasteiger partial charge on any atom is 0.289 e. The van der Waals surface area contributed by atoms with Gasteiger partial charge in [-0.05, 0) is 17.5 Å². The Bertz CT molecular complexity index is 642. The Morgan fingerprint density at radius 1 is 1.06 bits per heavy atom. The Balaban J connectivity index is 1.81. The van der Waals surface area contributed by atoms with Crippen LogP contribution in [0, 0.1) is 0 Å². The van der Waals surface area contributed by atoms with Crippen LogP contribution in [0.5, 0.6) is 0 Å². The van der Waals surface area contributed by atoms with Gasteiger partial charge in [0.05, 0.1) is 8.42 Å². The number of thioether (sulfide) groups is 2. The van der Waals surface area contributed by atoms with Crippen LogP contribution in [0.1, 0.15) is 16.4 Å². The SMILES string of the molecule is O=c1sc2c(s1)S[C@H]1c3ccccc3C[C@H]1S2. The summed E-state index contributed by atoms with van der Waals surface area (Å²) >= 11 is 6.65. The smallest absolute Gasteiger partial charge is 0.265 e. The van der Waals surface area contributed by atoms with Crippen LogP contribution in [0.25, 0.3) is 0 Å². The van der Waals surface area contributed by atoms with Gasteiger partial charge >= 0.3 is 0 Å². The van der Waals surface area contributed by atoms with Crippen LogP contribution in [0.4, 0.5) is 0 Å². The molecular formula is C12H8OS4. The van der Waals surface area contributed by atoms with Crippen molar-refractivity contribution in [3.8, 4) is 0 Å². The maximum atomic E-state index is 11.4. The molecule has 0 radical (unpaired) electrons. The van der Waals surface area contributed by atoms with Crippen LogP contribution in [-0.4, -0.2) is 5.25 Å². The lowest BCUT2D eigenvalue weighted by Crippen LogP contribution is -2.09. The highest BCUT2D eigenvalue weighted by molar-refractivity contribution is 8.08. The van der Waals surface area contributed by atoms with Crippen LogP contribution in [0.15, 0.2) is 37.5 Å². The predicted octanol–water partition coefficient (Wildman–Crippen LogP) is 4.03. The molecule has 2 aliphatic rings. The molecule has 1 aliphatic carbocycles. The fourth-order valence-corrected chi connectivity index (χ4v) is 8.64. The summed E-state index contributed by atoms with van der Waals surface area (Å²) in [7, 11) is 0. The highest BCUT2D eigenvalue weighted by Crippen LogP contribution is 2.58. The molecule has 0 fully saturated rings. The second-order valence-corrected chi connectivity index (χ2v) is 9.27. The molecule has 0 spiro atoms. The first kappa shape index (κ1) is 10.7. The van der Waals surface area contributed by atoms with Gasteiger partial charge in [0.15, 0.2) is 0 Å². The maximum absolute atomic E-state index is 11.4. The molecule has 17 heavy (non-hydrogen) atoms. The van der Waals surface area contributed by atoms with Crippen molar-refractivity contribution in [1.82, 2.24) is 0 Å². The number of benzene rings is 1. The molecule has 4 rings (SSSR count). The van der Waals surface area contributed by atoms with Gasteiger partial charge in [-0.15, -0.1) is 23.5 Å². The van der Waals surface area contributed by atoms with Crippen LogP contribution < -0.4 is 4.06 Å². The molecule has 2 aromatic rings. The van der Waals surface area contributed by atoms with Crippen molar-refractivity contribution in [3.63, 3.8) is 0 Å². The van der Waals surface area contributed by atoms with E-state index in [0.717, 1.165) is 6.42 Å². The van der Waals surface area contributed by atoms with Gasteiger partial charge in [-0.25, -0.2) is 0 Å². The molecule has 1 nitrogen and oxygen atoms in total. The highest BCUT2D eigenvalue weighted by atomic mass is 32.2. The van der Waals surface area contributed by atoms with Crippen LogP contribution >= 0.6 is 46.2 Å². The van der Waals surface area contributed by atoms with E-state index in [0.29, 0.717) is 10.5 Å². The molecule has 0 bridgehead atoms. The zero-order chi connectivity index (χ0) is 11.4. The van der Waals surface area contributed by atoms with Gasteiger partial charge in [0, 0.05) is 10.5 Å². The van der Waals surface area contributed by atoms with Gasteiger partial charge in [0.25, 0.3) is 4.06 Å². The third-order valence-electron chi connectivity index (χ3n) is 3.13. The summed E-state index contributed by atoms with van der Waals surface area (Å²) < 4.78 is 2.73. The summed E-state index contributed by atoms with van der Waals surface area (Å²) in [6.45, 7) is 0. The quantitative estimate of drug-likeness (QED) is 0.730. The first-order valence-electron chi connectivity index (χ1n) is 5.36. The molecule has 1 aromatic carbocycles. The third-order valence-corrected chi connectivity index (χ3v) is 8.92. The average Bonchev–Trinajstić information content (AvgIpc) is 2.84. The van der Waals surface area contributed by atoms with Crippen molar-refractivity contribution in [2.75, 3.05) is 0 Å². The monoisotopic (exact) mass is 296 g/mol. The van der Waals surface area contributed by atoms with E-state index in [9.17, 15) is 4.79 Å². The lowest BCUT2D eigenvalue weighted by atomic mass is 10.1. The van der Waals surface area contributed by atoms with Gasteiger partial charge < -0.3 is 0 Å². The third kappa shape index (κ3) is 1.63. The number of hydrogen-bond acceptors (Lipinski definition) is 5. The summed E-state index contributed by atoms with van der Waals surface area (Å²) in [6, 6.07) is 8.73. The first-order chi connectivity index (χ1) is 8.31. The van der Waals surface area contributed by atoms with E-state index in [1.54, 1.807) is 0 Å². The molecule has 0 amide bonds. The topological polar surface area (TPSA) is 17.1 Å². The van der Waals surface area contributed by atoms with E-state index in [1.165, 1.54) is 42.2 Å². The van der Waals surface area contributed by atoms with Gasteiger partial charge in [0.1, 0.15) is 0 Å². The summed E-state index contributed by atoms with van der Waals surface area (Å²) in [5.41, 5.74) is 2.97. The normalized spacial score (nSPS) is 25.2. The van der Waals surface area contributed by atoms with Crippen molar-refractivity contribution in [2.45, 2.75) is 25.3 Å². The van der Waals surface area contributed by atoms with E-state index in [1.807, 2.05) is 23.5 Å². The minimum Gasteiger partial charge on any atom is -0.265 e. The van der Waals surface area contributed by atoms with Crippen LogP contribution in [0.3, 0.4) is 0 Å². The molecule has 0 saturated heterocycles. The van der Waals surface area contributed by atoms with E-state index in [-0.39, 0.29) is 4.06 Å².